The van der Waals surface area contributed by atoms with Crippen LogP contribution in [0, 0.1) is 0 Å². The molecule has 7 heavy (non-hydrogen) atoms. The first-order valence-electron chi connectivity index (χ1n) is 0.783. The van der Waals surface area contributed by atoms with Crippen molar-refractivity contribution in [2.75, 3.05) is 0 Å². The van der Waals surface area contributed by atoms with Crippen LogP contribution in [0.3, 0.4) is 0 Å². The minimum Gasteiger partial charge on any atom is -0.303 e. The molecule has 7 heteroatoms. The Labute approximate surface area is 73.6 Å². The standard InChI is InChI=1S/Al.Na.H3O4P/c;;1-5(2,3)4/h;;(H3,1,2,3,4). The summed E-state index contributed by atoms with van der Waals surface area (Å²) in [6.07, 6.45) is 0. The third-order valence-electron chi connectivity index (χ3n) is 0. The predicted molar refractivity (Wildman–Crippen MR) is 25.8 cm³/mol. The molecule has 0 bridgehead atoms. The van der Waals surface area contributed by atoms with Gasteiger partial charge in [0.2, 0.25) is 0 Å². The number of hydrogen-bond donors (Lipinski definition) is 3. The summed E-state index contributed by atoms with van der Waals surface area (Å²) in [6.45, 7) is 0. The van der Waals surface area contributed by atoms with Crippen LogP contribution < -0.4 is 0 Å². The predicted octanol–water partition coefficient (Wildman–Crippen LogP) is -1.69. The van der Waals surface area contributed by atoms with E-state index in [1.807, 2.05) is 0 Å². The van der Waals surface area contributed by atoms with Gasteiger partial charge in [-0.2, -0.15) is 0 Å². The summed E-state index contributed by atoms with van der Waals surface area (Å²) in [7, 11) is -4.64. The minimum atomic E-state index is -4.64. The van der Waals surface area contributed by atoms with Crippen molar-refractivity contribution in [1.29, 1.82) is 0 Å². The van der Waals surface area contributed by atoms with Crippen molar-refractivity contribution in [2.24, 2.45) is 0 Å². The summed E-state index contributed by atoms with van der Waals surface area (Å²) in [5, 5.41) is 0. The third-order valence-corrected chi connectivity index (χ3v) is 0. The molecule has 0 aliphatic carbocycles. The Bertz CT molecular complexity index is 57.8. The average Bonchev–Trinajstić information content (AvgIpc) is 0.722. The Hall–Kier alpha value is 1.64. The summed E-state index contributed by atoms with van der Waals surface area (Å²) < 4.78 is 8.88. The molecule has 0 spiro atoms. The Kier molecular flexibility index (Phi) is 13.1. The molecular weight excluding hydrogens is 145 g/mol. The molecule has 0 saturated carbocycles. The van der Waals surface area contributed by atoms with Gasteiger partial charge in [-0.3, -0.25) is 0 Å². The van der Waals surface area contributed by atoms with Crippen molar-refractivity contribution in [3.63, 3.8) is 0 Å². The van der Waals surface area contributed by atoms with E-state index in [0.29, 0.717) is 0 Å². The van der Waals surface area contributed by atoms with E-state index in [4.69, 9.17) is 19.2 Å². The molecule has 0 aliphatic rings. The zero-order valence-corrected chi connectivity index (χ0v) is 7.82. The van der Waals surface area contributed by atoms with E-state index in [2.05, 4.69) is 0 Å². The molecule has 0 amide bonds. The van der Waals surface area contributed by atoms with Gasteiger partial charge in [0.05, 0.1) is 0 Å². The molecular formula is H3AlNaO4P. The van der Waals surface area contributed by atoms with Crippen LogP contribution in [0.2, 0.25) is 0 Å². The molecule has 3 N–H and O–H groups in total. The van der Waals surface area contributed by atoms with Gasteiger partial charge in [0.25, 0.3) is 0 Å². The second-order valence-electron chi connectivity index (χ2n) is 0.513. The van der Waals surface area contributed by atoms with Crippen LogP contribution >= 0.6 is 7.82 Å². The molecule has 0 heterocycles. The fourth-order valence-electron chi connectivity index (χ4n) is 0. The third kappa shape index (κ3) is 90.2. The molecule has 0 aromatic rings. The molecule has 36 valence electrons. The van der Waals surface area contributed by atoms with E-state index < -0.39 is 7.82 Å². The topological polar surface area (TPSA) is 77.8 Å². The molecule has 0 aromatic carbocycles. The largest absolute Gasteiger partial charge is 0.466 e. The van der Waals surface area contributed by atoms with E-state index >= 15 is 0 Å². The van der Waals surface area contributed by atoms with Gasteiger partial charge in [0.1, 0.15) is 0 Å². The van der Waals surface area contributed by atoms with Gasteiger partial charge in [-0.25, -0.2) is 4.57 Å². The monoisotopic (exact) mass is 148 g/mol. The van der Waals surface area contributed by atoms with Gasteiger partial charge in [0, 0.05) is 46.9 Å². The summed E-state index contributed by atoms with van der Waals surface area (Å²) in [5.41, 5.74) is 0. The van der Waals surface area contributed by atoms with Crippen molar-refractivity contribution in [1.82, 2.24) is 0 Å². The number of rotatable bonds is 0. The van der Waals surface area contributed by atoms with Crippen LogP contribution in [-0.4, -0.2) is 61.6 Å². The Morgan fingerprint density at radius 1 is 1.14 bits per heavy atom. The van der Waals surface area contributed by atoms with Crippen LogP contribution in [0.5, 0.6) is 0 Å². The van der Waals surface area contributed by atoms with Crippen LogP contribution in [0.1, 0.15) is 0 Å². The minimum absolute atomic E-state index is 0. The second kappa shape index (κ2) is 5.77. The maximum Gasteiger partial charge on any atom is 0.466 e. The van der Waals surface area contributed by atoms with Crippen molar-refractivity contribution in [2.45, 2.75) is 0 Å². The normalized spacial score (nSPS) is 8.43. The molecule has 4 radical (unpaired) electrons. The van der Waals surface area contributed by atoms with E-state index in [0.717, 1.165) is 0 Å². The number of hydrogen-bond acceptors (Lipinski definition) is 1. The quantitative estimate of drug-likeness (QED) is 0.283. The smallest absolute Gasteiger partial charge is 0.303 e. The molecule has 0 aromatic heterocycles. The fraction of sp³-hybridized carbons (Fsp3) is 0. The maximum atomic E-state index is 8.88. The van der Waals surface area contributed by atoms with Gasteiger partial charge in [-0.15, -0.1) is 0 Å². The molecule has 0 atom stereocenters. The van der Waals surface area contributed by atoms with Crippen molar-refractivity contribution in [3.05, 3.63) is 0 Å². The molecule has 0 saturated heterocycles. The first-order chi connectivity index (χ1) is 2.00. The van der Waals surface area contributed by atoms with Gasteiger partial charge in [-0.05, 0) is 0 Å². The summed E-state index contributed by atoms with van der Waals surface area (Å²) in [6, 6.07) is 0. The number of phosphoric acid groups is 1. The second-order valence-corrected chi connectivity index (χ2v) is 1.54. The maximum absolute atomic E-state index is 8.88. The first kappa shape index (κ1) is 15.9. The molecule has 4 nitrogen and oxygen atoms in total. The van der Waals surface area contributed by atoms with Gasteiger partial charge in [0.15, 0.2) is 0 Å². The zero-order chi connectivity index (χ0) is 4.50. The Morgan fingerprint density at radius 3 is 1.14 bits per heavy atom. The summed E-state index contributed by atoms with van der Waals surface area (Å²) in [5.74, 6) is 0. The SMILES string of the molecule is O=P(O)(O)O.[Al].[Na]. The van der Waals surface area contributed by atoms with Crippen molar-refractivity contribution >= 4 is 54.7 Å². The molecule has 0 rings (SSSR count). The van der Waals surface area contributed by atoms with Gasteiger partial charge < -0.3 is 14.7 Å². The van der Waals surface area contributed by atoms with Crippen LogP contribution in [0.4, 0.5) is 0 Å². The van der Waals surface area contributed by atoms with Crippen molar-refractivity contribution < 1.29 is 19.2 Å². The molecule has 0 aliphatic heterocycles. The van der Waals surface area contributed by atoms with E-state index in [1.165, 1.54) is 0 Å². The van der Waals surface area contributed by atoms with Gasteiger partial charge >= 0.3 is 7.82 Å². The fourth-order valence-corrected chi connectivity index (χ4v) is 0. The Morgan fingerprint density at radius 2 is 1.14 bits per heavy atom. The summed E-state index contributed by atoms with van der Waals surface area (Å²) in [4.78, 5) is 21.6. The van der Waals surface area contributed by atoms with Gasteiger partial charge in [-0.1, -0.05) is 0 Å². The van der Waals surface area contributed by atoms with Crippen LogP contribution in [-0.2, 0) is 4.57 Å². The van der Waals surface area contributed by atoms with Crippen LogP contribution in [0.25, 0.3) is 0 Å². The van der Waals surface area contributed by atoms with Crippen LogP contribution in [0.15, 0.2) is 0 Å². The summed E-state index contributed by atoms with van der Waals surface area (Å²) >= 11 is 0. The zero-order valence-electron chi connectivity index (χ0n) is 3.77. The van der Waals surface area contributed by atoms with E-state index in [9.17, 15) is 0 Å². The van der Waals surface area contributed by atoms with E-state index in [-0.39, 0.29) is 46.9 Å². The average molecular weight is 148 g/mol. The Balaban J connectivity index is -0.0000000800. The van der Waals surface area contributed by atoms with Crippen molar-refractivity contribution in [3.8, 4) is 0 Å². The van der Waals surface area contributed by atoms with E-state index in [1.54, 1.807) is 0 Å². The first-order valence-corrected chi connectivity index (χ1v) is 2.35. The molecule has 0 unspecified atom stereocenters. The molecule has 0 fully saturated rings.